The van der Waals surface area contributed by atoms with E-state index < -0.39 is 18.1 Å². The molecule has 1 aliphatic carbocycles. The standard InChI is InChI=1S/C35H51FN4O3/c1-23(2)22-38-30(18-17-26-11-8-14-29(36)20-26)34(42)40-32(24(3)4)35(43)39-31(21-27-15-16-27)33(41)37-19-9-13-28-12-7-6-10-25(28)5/h6-8,10-12,14,20,23-24,27,30-32,38H,9,13,15-19,21-22H2,1-5H3,(H,37,41)(H,39,43)(H,40,42)/t30-,31+,32-/m1/s1. The van der Waals surface area contributed by atoms with Gasteiger partial charge in [0.15, 0.2) is 0 Å². The van der Waals surface area contributed by atoms with Gasteiger partial charge in [-0.25, -0.2) is 4.39 Å². The number of rotatable bonds is 18. The highest BCUT2D eigenvalue weighted by Crippen LogP contribution is 2.33. The van der Waals surface area contributed by atoms with Crippen LogP contribution in [0.15, 0.2) is 48.5 Å². The fourth-order valence-corrected chi connectivity index (χ4v) is 5.18. The lowest BCUT2D eigenvalue weighted by molar-refractivity contribution is -0.133. The van der Waals surface area contributed by atoms with Gasteiger partial charge in [0.1, 0.15) is 17.9 Å². The van der Waals surface area contributed by atoms with Crippen LogP contribution in [0.5, 0.6) is 0 Å². The number of hydrogen-bond acceptors (Lipinski definition) is 4. The summed E-state index contributed by atoms with van der Waals surface area (Å²) in [6.07, 6.45) is 5.39. The number of aryl methyl sites for hydroxylation is 3. The van der Waals surface area contributed by atoms with E-state index in [0.717, 1.165) is 31.2 Å². The second kappa shape index (κ2) is 17.1. The van der Waals surface area contributed by atoms with E-state index in [2.05, 4.69) is 54.2 Å². The average molecular weight is 595 g/mol. The summed E-state index contributed by atoms with van der Waals surface area (Å²) < 4.78 is 13.7. The molecule has 3 amide bonds. The van der Waals surface area contributed by atoms with Gasteiger partial charge < -0.3 is 21.3 Å². The van der Waals surface area contributed by atoms with Crippen LogP contribution >= 0.6 is 0 Å². The van der Waals surface area contributed by atoms with Crippen molar-refractivity contribution in [2.75, 3.05) is 13.1 Å². The van der Waals surface area contributed by atoms with Crippen molar-refractivity contribution in [3.8, 4) is 0 Å². The third-order valence-corrected chi connectivity index (χ3v) is 8.03. The Morgan fingerprint density at radius 3 is 2.28 bits per heavy atom. The summed E-state index contributed by atoms with van der Waals surface area (Å²) in [6, 6.07) is 12.7. The summed E-state index contributed by atoms with van der Waals surface area (Å²) in [6.45, 7) is 11.1. The van der Waals surface area contributed by atoms with E-state index in [0.29, 0.717) is 44.2 Å². The molecule has 0 bridgehead atoms. The van der Waals surface area contributed by atoms with Crippen LogP contribution in [-0.2, 0) is 27.2 Å². The summed E-state index contributed by atoms with van der Waals surface area (Å²) in [4.78, 5) is 40.2. The zero-order valence-corrected chi connectivity index (χ0v) is 26.5. The Morgan fingerprint density at radius 2 is 1.63 bits per heavy atom. The van der Waals surface area contributed by atoms with Crippen molar-refractivity contribution < 1.29 is 18.8 Å². The van der Waals surface area contributed by atoms with Gasteiger partial charge >= 0.3 is 0 Å². The third kappa shape index (κ3) is 12.1. The van der Waals surface area contributed by atoms with Crippen LogP contribution in [0.1, 0.15) is 76.5 Å². The third-order valence-electron chi connectivity index (χ3n) is 8.03. The van der Waals surface area contributed by atoms with Crippen LogP contribution in [0, 0.1) is 30.5 Å². The summed E-state index contributed by atoms with van der Waals surface area (Å²) in [5, 5.41) is 12.3. The van der Waals surface area contributed by atoms with E-state index in [-0.39, 0.29) is 29.5 Å². The second-order valence-corrected chi connectivity index (χ2v) is 12.8. The van der Waals surface area contributed by atoms with Gasteiger partial charge in [-0.1, -0.05) is 76.9 Å². The predicted molar refractivity (Wildman–Crippen MR) is 170 cm³/mol. The van der Waals surface area contributed by atoms with Crippen molar-refractivity contribution in [1.82, 2.24) is 21.3 Å². The summed E-state index contributed by atoms with van der Waals surface area (Å²) in [5.74, 6) is -0.528. The van der Waals surface area contributed by atoms with E-state index in [1.54, 1.807) is 6.07 Å². The van der Waals surface area contributed by atoms with Crippen LogP contribution in [0.3, 0.4) is 0 Å². The van der Waals surface area contributed by atoms with Gasteiger partial charge in [-0.05, 0) is 92.1 Å². The Bertz CT molecular complexity index is 1200. The first kappa shape index (κ1) is 34.2. The Kier molecular flexibility index (Phi) is 13.6. The Hall–Kier alpha value is -3.26. The molecule has 3 rings (SSSR count). The van der Waals surface area contributed by atoms with Gasteiger partial charge in [0.05, 0.1) is 6.04 Å². The fourth-order valence-electron chi connectivity index (χ4n) is 5.18. The quantitative estimate of drug-likeness (QED) is 0.185. The molecule has 7 nitrogen and oxygen atoms in total. The minimum absolute atomic E-state index is 0.176. The molecule has 0 aromatic heterocycles. The Balaban J connectivity index is 1.59. The number of benzene rings is 2. The van der Waals surface area contributed by atoms with E-state index >= 15 is 0 Å². The van der Waals surface area contributed by atoms with E-state index in [4.69, 9.17) is 0 Å². The molecule has 236 valence electrons. The largest absolute Gasteiger partial charge is 0.354 e. The molecule has 0 saturated heterocycles. The minimum atomic E-state index is -0.791. The first-order valence-corrected chi connectivity index (χ1v) is 15.9. The minimum Gasteiger partial charge on any atom is -0.354 e. The lowest BCUT2D eigenvalue weighted by Crippen LogP contribution is -2.58. The van der Waals surface area contributed by atoms with Crippen molar-refractivity contribution in [2.45, 2.75) is 97.7 Å². The lowest BCUT2D eigenvalue weighted by Gasteiger charge is -2.28. The lowest BCUT2D eigenvalue weighted by atomic mass is 9.99. The average Bonchev–Trinajstić information content (AvgIpc) is 3.78. The molecule has 1 saturated carbocycles. The molecule has 3 atom stereocenters. The summed E-state index contributed by atoms with van der Waals surface area (Å²) >= 11 is 0. The number of amides is 3. The maximum atomic E-state index is 13.7. The molecule has 1 fully saturated rings. The van der Waals surface area contributed by atoms with E-state index in [1.807, 2.05) is 32.0 Å². The van der Waals surface area contributed by atoms with Gasteiger partial charge in [0.2, 0.25) is 17.7 Å². The van der Waals surface area contributed by atoms with E-state index in [9.17, 15) is 18.8 Å². The smallest absolute Gasteiger partial charge is 0.243 e. The van der Waals surface area contributed by atoms with Gasteiger partial charge in [-0.15, -0.1) is 0 Å². The molecule has 2 aromatic rings. The topological polar surface area (TPSA) is 99.3 Å². The molecule has 0 spiro atoms. The maximum absolute atomic E-state index is 13.7. The maximum Gasteiger partial charge on any atom is 0.243 e. The molecule has 43 heavy (non-hydrogen) atoms. The normalized spacial score (nSPS) is 15.2. The molecule has 0 radical (unpaired) electrons. The van der Waals surface area contributed by atoms with Gasteiger partial charge in [0.25, 0.3) is 0 Å². The first-order chi connectivity index (χ1) is 20.5. The molecule has 8 heteroatoms. The van der Waals surface area contributed by atoms with Gasteiger partial charge in [-0.2, -0.15) is 0 Å². The highest BCUT2D eigenvalue weighted by molar-refractivity contribution is 5.93. The Morgan fingerprint density at radius 1 is 0.884 bits per heavy atom. The zero-order valence-electron chi connectivity index (χ0n) is 26.5. The van der Waals surface area contributed by atoms with Crippen molar-refractivity contribution in [3.05, 3.63) is 71.0 Å². The molecule has 0 unspecified atom stereocenters. The van der Waals surface area contributed by atoms with E-state index in [1.165, 1.54) is 23.3 Å². The van der Waals surface area contributed by atoms with Gasteiger partial charge in [0, 0.05) is 6.54 Å². The van der Waals surface area contributed by atoms with Crippen LogP contribution in [0.25, 0.3) is 0 Å². The molecule has 0 aliphatic heterocycles. The summed E-state index contributed by atoms with van der Waals surface area (Å²) in [5.41, 5.74) is 3.33. The fraction of sp³-hybridized carbons (Fsp3) is 0.571. The number of carbonyl (C=O) groups is 3. The van der Waals surface area contributed by atoms with Crippen molar-refractivity contribution >= 4 is 17.7 Å². The molecular weight excluding hydrogens is 543 g/mol. The number of nitrogens with one attached hydrogen (secondary N) is 4. The van der Waals surface area contributed by atoms with Crippen LogP contribution in [-0.4, -0.2) is 48.9 Å². The first-order valence-electron chi connectivity index (χ1n) is 15.9. The van der Waals surface area contributed by atoms with Crippen molar-refractivity contribution in [3.63, 3.8) is 0 Å². The zero-order chi connectivity index (χ0) is 31.4. The molecule has 4 N–H and O–H groups in total. The van der Waals surface area contributed by atoms with Crippen molar-refractivity contribution in [1.29, 1.82) is 0 Å². The van der Waals surface area contributed by atoms with Crippen LogP contribution in [0.2, 0.25) is 0 Å². The highest BCUT2D eigenvalue weighted by Gasteiger charge is 2.34. The molecule has 0 heterocycles. The summed E-state index contributed by atoms with van der Waals surface area (Å²) in [7, 11) is 0. The molecular formula is C35H51FN4O3. The second-order valence-electron chi connectivity index (χ2n) is 12.8. The number of hydrogen-bond donors (Lipinski definition) is 4. The Labute approximate surface area is 257 Å². The van der Waals surface area contributed by atoms with Crippen LogP contribution < -0.4 is 21.3 Å². The van der Waals surface area contributed by atoms with Crippen LogP contribution in [0.4, 0.5) is 4.39 Å². The SMILES string of the molecule is Cc1ccccc1CCCNC(=O)[C@H](CC1CC1)NC(=O)[C@H](NC(=O)[C@@H](CCc1cccc(F)c1)NCC(C)C)C(C)C. The van der Waals surface area contributed by atoms with Gasteiger partial charge in [-0.3, -0.25) is 14.4 Å². The highest BCUT2D eigenvalue weighted by atomic mass is 19.1. The number of carbonyl (C=O) groups excluding carboxylic acids is 3. The number of halogens is 1. The monoisotopic (exact) mass is 594 g/mol. The van der Waals surface area contributed by atoms with Crippen molar-refractivity contribution in [2.24, 2.45) is 17.8 Å². The predicted octanol–water partition coefficient (Wildman–Crippen LogP) is 4.86. The molecule has 1 aliphatic rings. The molecule has 2 aromatic carbocycles.